The lowest BCUT2D eigenvalue weighted by molar-refractivity contribution is 0.234. The molecule has 4 heteroatoms. The summed E-state index contributed by atoms with van der Waals surface area (Å²) in [6.45, 7) is 4.85. The largest absolute Gasteiger partial charge is 0.469 e. The predicted molar refractivity (Wildman–Crippen MR) is 82.7 cm³/mol. The maximum atomic E-state index is 13.4. The van der Waals surface area contributed by atoms with Crippen molar-refractivity contribution in [1.82, 2.24) is 5.32 Å². The summed E-state index contributed by atoms with van der Waals surface area (Å²) in [5.41, 5.74) is 2.73. The van der Waals surface area contributed by atoms with E-state index < -0.39 is 0 Å². The van der Waals surface area contributed by atoms with E-state index in [1.807, 2.05) is 6.07 Å². The molecule has 0 spiro atoms. The zero-order valence-electron chi connectivity index (χ0n) is 13.0. The third-order valence-corrected chi connectivity index (χ3v) is 4.38. The SMILES string of the molecule is CC1(C)Cc2occc2C(NCc2ccc(F)c(CO)c2)C1. The van der Waals surface area contributed by atoms with Crippen LogP contribution < -0.4 is 5.32 Å². The molecule has 1 aliphatic rings. The first-order valence-electron chi connectivity index (χ1n) is 7.66. The third kappa shape index (κ3) is 3.08. The van der Waals surface area contributed by atoms with Gasteiger partial charge in [0, 0.05) is 30.1 Å². The Morgan fingerprint density at radius 2 is 2.18 bits per heavy atom. The van der Waals surface area contributed by atoms with E-state index in [2.05, 4.69) is 19.2 Å². The van der Waals surface area contributed by atoms with Crippen LogP contribution in [0.4, 0.5) is 4.39 Å². The van der Waals surface area contributed by atoms with Crippen molar-refractivity contribution in [3.05, 3.63) is 58.8 Å². The van der Waals surface area contributed by atoms with Crippen molar-refractivity contribution in [2.75, 3.05) is 0 Å². The van der Waals surface area contributed by atoms with E-state index in [1.54, 1.807) is 18.4 Å². The summed E-state index contributed by atoms with van der Waals surface area (Å²) in [7, 11) is 0. The normalized spacial score (nSPS) is 19.9. The summed E-state index contributed by atoms with van der Waals surface area (Å²) in [5.74, 6) is 0.700. The lowest BCUT2D eigenvalue weighted by Crippen LogP contribution is -2.32. The van der Waals surface area contributed by atoms with E-state index in [0.29, 0.717) is 12.1 Å². The number of aliphatic hydroxyl groups is 1. The molecule has 22 heavy (non-hydrogen) atoms. The van der Waals surface area contributed by atoms with Gasteiger partial charge in [0.15, 0.2) is 0 Å². The topological polar surface area (TPSA) is 45.4 Å². The fourth-order valence-corrected chi connectivity index (χ4v) is 3.26. The summed E-state index contributed by atoms with van der Waals surface area (Å²) in [6.07, 6.45) is 3.74. The molecule has 1 heterocycles. The molecular weight excluding hydrogens is 281 g/mol. The van der Waals surface area contributed by atoms with Crippen LogP contribution in [0.3, 0.4) is 0 Å². The van der Waals surface area contributed by atoms with Crippen LogP contribution in [-0.2, 0) is 19.6 Å². The number of aliphatic hydroxyl groups excluding tert-OH is 1. The van der Waals surface area contributed by atoms with Gasteiger partial charge in [-0.2, -0.15) is 0 Å². The van der Waals surface area contributed by atoms with Gasteiger partial charge in [-0.1, -0.05) is 19.9 Å². The molecule has 2 aromatic rings. The molecule has 1 aromatic heterocycles. The molecule has 0 fully saturated rings. The first-order valence-corrected chi connectivity index (χ1v) is 7.66. The second-order valence-corrected chi connectivity index (χ2v) is 6.86. The molecule has 1 aliphatic carbocycles. The lowest BCUT2D eigenvalue weighted by atomic mass is 9.75. The highest BCUT2D eigenvalue weighted by Gasteiger charge is 2.33. The number of furan rings is 1. The van der Waals surface area contributed by atoms with E-state index in [0.717, 1.165) is 24.2 Å². The monoisotopic (exact) mass is 303 g/mol. The maximum Gasteiger partial charge on any atom is 0.128 e. The molecule has 0 saturated carbocycles. The van der Waals surface area contributed by atoms with Crippen LogP contribution in [-0.4, -0.2) is 5.11 Å². The van der Waals surface area contributed by atoms with Gasteiger partial charge in [-0.25, -0.2) is 4.39 Å². The molecule has 1 unspecified atom stereocenters. The Bertz CT molecular complexity index is 663. The fourth-order valence-electron chi connectivity index (χ4n) is 3.26. The molecule has 0 bridgehead atoms. The molecule has 2 N–H and O–H groups in total. The zero-order valence-corrected chi connectivity index (χ0v) is 13.0. The van der Waals surface area contributed by atoms with Gasteiger partial charge in [-0.15, -0.1) is 0 Å². The van der Waals surface area contributed by atoms with Crippen LogP contribution in [0.2, 0.25) is 0 Å². The molecule has 0 radical (unpaired) electrons. The van der Waals surface area contributed by atoms with Gasteiger partial charge in [0.1, 0.15) is 11.6 Å². The Hall–Kier alpha value is -1.65. The molecule has 3 nitrogen and oxygen atoms in total. The number of nitrogens with one attached hydrogen (secondary N) is 1. The van der Waals surface area contributed by atoms with E-state index in [9.17, 15) is 4.39 Å². The van der Waals surface area contributed by atoms with Gasteiger partial charge >= 0.3 is 0 Å². The Balaban J connectivity index is 1.74. The molecular formula is C18H22FNO2. The van der Waals surface area contributed by atoms with Crippen LogP contribution in [0.25, 0.3) is 0 Å². The van der Waals surface area contributed by atoms with E-state index in [1.165, 1.54) is 11.6 Å². The molecule has 0 aliphatic heterocycles. The number of rotatable bonds is 4. The first-order chi connectivity index (χ1) is 10.5. The summed E-state index contributed by atoms with van der Waals surface area (Å²) >= 11 is 0. The van der Waals surface area contributed by atoms with Crippen molar-refractivity contribution in [3.8, 4) is 0 Å². The maximum absolute atomic E-state index is 13.4. The third-order valence-electron chi connectivity index (χ3n) is 4.38. The van der Waals surface area contributed by atoms with Crippen LogP contribution in [0.1, 0.15) is 48.8 Å². The van der Waals surface area contributed by atoms with Gasteiger partial charge in [-0.3, -0.25) is 0 Å². The van der Waals surface area contributed by atoms with E-state index in [4.69, 9.17) is 9.52 Å². The summed E-state index contributed by atoms with van der Waals surface area (Å²) < 4.78 is 19.0. The average molecular weight is 303 g/mol. The highest BCUT2D eigenvalue weighted by Crippen LogP contribution is 2.41. The minimum Gasteiger partial charge on any atom is -0.469 e. The fraction of sp³-hybridized carbons (Fsp3) is 0.444. The molecule has 0 saturated heterocycles. The predicted octanol–water partition coefficient (Wildman–Crippen LogP) is 3.71. The highest BCUT2D eigenvalue weighted by molar-refractivity contribution is 5.28. The Kier molecular flexibility index (Phi) is 4.06. The zero-order chi connectivity index (χ0) is 15.7. The second kappa shape index (κ2) is 5.86. The first kappa shape index (κ1) is 15.3. The van der Waals surface area contributed by atoms with Crippen LogP contribution in [0.15, 0.2) is 34.9 Å². The van der Waals surface area contributed by atoms with Crippen LogP contribution in [0.5, 0.6) is 0 Å². The molecule has 0 amide bonds. The van der Waals surface area contributed by atoms with Gasteiger partial charge in [0.2, 0.25) is 0 Å². The number of hydrogen-bond donors (Lipinski definition) is 2. The standard InChI is InChI=1S/C18H22FNO2/c1-18(2)8-16(14-5-6-22-17(14)9-18)20-10-12-3-4-15(19)13(7-12)11-21/h3-7,16,20-21H,8-11H2,1-2H3. The summed E-state index contributed by atoms with van der Waals surface area (Å²) in [6, 6.07) is 7.15. The van der Waals surface area contributed by atoms with Crippen molar-refractivity contribution in [2.45, 2.75) is 45.9 Å². The number of fused-ring (bicyclic) bond motifs is 1. The highest BCUT2D eigenvalue weighted by atomic mass is 19.1. The molecule has 118 valence electrons. The molecule has 1 aromatic carbocycles. The van der Waals surface area contributed by atoms with Crippen LogP contribution in [0, 0.1) is 11.2 Å². The van der Waals surface area contributed by atoms with Crippen LogP contribution >= 0.6 is 0 Å². The summed E-state index contributed by atoms with van der Waals surface area (Å²) in [5, 5.41) is 12.7. The van der Waals surface area contributed by atoms with E-state index in [-0.39, 0.29) is 23.9 Å². The smallest absolute Gasteiger partial charge is 0.128 e. The van der Waals surface area contributed by atoms with Crippen molar-refractivity contribution in [2.24, 2.45) is 5.41 Å². The van der Waals surface area contributed by atoms with E-state index >= 15 is 0 Å². The number of benzene rings is 1. The lowest BCUT2D eigenvalue weighted by Gasteiger charge is -2.35. The molecule has 1 atom stereocenters. The molecule has 3 rings (SSSR count). The van der Waals surface area contributed by atoms with Crippen molar-refractivity contribution < 1.29 is 13.9 Å². The Labute approximate surface area is 130 Å². The average Bonchev–Trinajstić information content (AvgIpc) is 2.92. The van der Waals surface area contributed by atoms with Gasteiger partial charge < -0.3 is 14.8 Å². The van der Waals surface area contributed by atoms with Crippen molar-refractivity contribution in [3.63, 3.8) is 0 Å². The van der Waals surface area contributed by atoms with Gasteiger partial charge in [0.25, 0.3) is 0 Å². The number of halogens is 1. The van der Waals surface area contributed by atoms with Crippen molar-refractivity contribution in [1.29, 1.82) is 0 Å². The Morgan fingerprint density at radius 3 is 2.95 bits per heavy atom. The van der Waals surface area contributed by atoms with Gasteiger partial charge in [0.05, 0.1) is 12.9 Å². The minimum atomic E-state index is -0.359. The summed E-state index contributed by atoms with van der Waals surface area (Å²) in [4.78, 5) is 0. The Morgan fingerprint density at radius 1 is 1.36 bits per heavy atom. The number of hydrogen-bond acceptors (Lipinski definition) is 3. The quantitative estimate of drug-likeness (QED) is 0.905. The second-order valence-electron chi connectivity index (χ2n) is 6.86. The minimum absolute atomic E-state index is 0.196. The van der Waals surface area contributed by atoms with Crippen molar-refractivity contribution >= 4 is 0 Å². The van der Waals surface area contributed by atoms with Gasteiger partial charge in [-0.05, 0) is 35.6 Å².